The van der Waals surface area contributed by atoms with Crippen LogP contribution in [0.2, 0.25) is 0 Å². The summed E-state index contributed by atoms with van der Waals surface area (Å²) >= 11 is 0. The number of piperidine rings is 1. The smallest absolute Gasteiger partial charge is 0.255 e. The first kappa shape index (κ1) is 16.6. The maximum Gasteiger partial charge on any atom is 0.255 e. The Morgan fingerprint density at radius 2 is 1.96 bits per heavy atom. The zero-order valence-corrected chi connectivity index (χ0v) is 14.9. The Morgan fingerprint density at radius 1 is 1.19 bits per heavy atom. The molecule has 0 aromatic carbocycles. The van der Waals surface area contributed by atoms with Crippen molar-refractivity contribution in [1.82, 2.24) is 24.4 Å². The minimum absolute atomic E-state index is 0.127. The highest BCUT2D eigenvalue weighted by molar-refractivity contribution is 5.95. The minimum Gasteiger partial charge on any atom is -0.365 e. The van der Waals surface area contributed by atoms with E-state index in [2.05, 4.69) is 19.5 Å². The lowest BCUT2D eigenvalue weighted by molar-refractivity contribution is 0.0710. The number of aromatic nitrogens is 4. The molecule has 1 saturated heterocycles. The van der Waals surface area contributed by atoms with Gasteiger partial charge in [-0.05, 0) is 43.5 Å². The third-order valence-electron chi connectivity index (χ3n) is 5.18. The highest BCUT2D eigenvalue weighted by Gasteiger charge is 2.27. The number of H-pyrrole nitrogens is 1. The normalized spacial score (nSPS) is 15.3. The molecule has 3 aromatic rings. The van der Waals surface area contributed by atoms with Crippen molar-refractivity contribution in [1.29, 1.82) is 0 Å². The number of hydrogen-bond donors (Lipinski definition) is 1. The highest BCUT2D eigenvalue weighted by Crippen LogP contribution is 2.28. The number of aromatic amines is 1. The van der Waals surface area contributed by atoms with E-state index in [0.717, 1.165) is 49.6 Å². The first-order valence-electron chi connectivity index (χ1n) is 9.05. The number of nitrogens with zero attached hydrogens (tertiary/aromatic N) is 4. The maximum atomic E-state index is 12.7. The minimum atomic E-state index is 0.127. The van der Waals surface area contributed by atoms with Crippen molar-refractivity contribution in [3.8, 4) is 0 Å². The fourth-order valence-corrected chi connectivity index (χ4v) is 3.69. The molecule has 134 valence electrons. The van der Waals surface area contributed by atoms with Crippen molar-refractivity contribution in [2.45, 2.75) is 32.2 Å². The van der Waals surface area contributed by atoms with E-state index < -0.39 is 0 Å². The van der Waals surface area contributed by atoms with Gasteiger partial charge in [0, 0.05) is 62.2 Å². The van der Waals surface area contributed by atoms with Gasteiger partial charge in [0.1, 0.15) is 5.82 Å². The van der Waals surface area contributed by atoms with E-state index in [0.29, 0.717) is 5.92 Å². The number of hydrogen-bond acceptors (Lipinski definition) is 3. The summed E-state index contributed by atoms with van der Waals surface area (Å²) in [6.45, 7) is 4.29. The SMILES string of the molecule is Cc1[nH]ccc1C(=O)N1CCC(c2nccn2Cc2ccncc2)CC1. The molecule has 0 saturated carbocycles. The average molecular weight is 349 g/mol. The average Bonchev–Trinajstić information content (AvgIpc) is 3.31. The number of nitrogens with one attached hydrogen (secondary N) is 1. The second-order valence-corrected chi connectivity index (χ2v) is 6.85. The largest absolute Gasteiger partial charge is 0.365 e. The van der Waals surface area contributed by atoms with Crippen LogP contribution >= 0.6 is 0 Å². The molecule has 0 spiro atoms. The van der Waals surface area contributed by atoms with Crippen molar-refractivity contribution in [3.05, 3.63) is 71.8 Å². The number of likely N-dealkylation sites (tertiary alicyclic amines) is 1. The zero-order valence-electron chi connectivity index (χ0n) is 14.9. The molecule has 0 aliphatic carbocycles. The summed E-state index contributed by atoms with van der Waals surface area (Å²) in [5.74, 6) is 1.64. The van der Waals surface area contributed by atoms with Gasteiger partial charge in [-0.1, -0.05) is 0 Å². The molecule has 3 aromatic heterocycles. The number of amides is 1. The Morgan fingerprint density at radius 3 is 2.65 bits per heavy atom. The summed E-state index contributed by atoms with van der Waals surface area (Å²) < 4.78 is 2.22. The summed E-state index contributed by atoms with van der Waals surface area (Å²) in [5, 5.41) is 0. The molecule has 1 fully saturated rings. The Hall–Kier alpha value is -2.89. The highest BCUT2D eigenvalue weighted by atomic mass is 16.2. The molecule has 1 N–H and O–H groups in total. The predicted molar refractivity (Wildman–Crippen MR) is 99.0 cm³/mol. The van der Waals surface area contributed by atoms with Crippen molar-refractivity contribution in [3.63, 3.8) is 0 Å². The summed E-state index contributed by atoms with van der Waals surface area (Å²) in [5.41, 5.74) is 2.93. The van der Waals surface area contributed by atoms with Crippen molar-refractivity contribution < 1.29 is 4.79 Å². The molecule has 4 heterocycles. The van der Waals surface area contributed by atoms with Gasteiger partial charge >= 0.3 is 0 Å². The molecule has 0 radical (unpaired) electrons. The van der Waals surface area contributed by atoms with Crippen LogP contribution in [0.3, 0.4) is 0 Å². The molecule has 6 heteroatoms. The van der Waals surface area contributed by atoms with Crippen LogP contribution in [-0.2, 0) is 6.54 Å². The number of rotatable bonds is 4. The van der Waals surface area contributed by atoms with Gasteiger partial charge in [0.2, 0.25) is 0 Å². The summed E-state index contributed by atoms with van der Waals surface area (Å²) in [7, 11) is 0. The van der Waals surface area contributed by atoms with Crippen LogP contribution in [0.1, 0.15) is 46.2 Å². The van der Waals surface area contributed by atoms with Crippen LogP contribution in [0.25, 0.3) is 0 Å². The number of aryl methyl sites for hydroxylation is 1. The van der Waals surface area contributed by atoms with Gasteiger partial charge in [0.15, 0.2) is 0 Å². The van der Waals surface area contributed by atoms with Crippen LogP contribution in [0.15, 0.2) is 49.2 Å². The summed E-state index contributed by atoms with van der Waals surface area (Å²) in [4.78, 5) is 26.4. The molecule has 0 atom stereocenters. The van der Waals surface area contributed by atoms with E-state index in [9.17, 15) is 4.79 Å². The lowest BCUT2D eigenvalue weighted by atomic mass is 9.95. The summed E-state index contributed by atoms with van der Waals surface area (Å²) in [6.07, 6.45) is 11.3. The first-order chi connectivity index (χ1) is 12.7. The quantitative estimate of drug-likeness (QED) is 0.787. The number of carbonyl (C=O) groups is 1. The standard InChI is InChI=1S/C20H23N5O/c1-15-18(4-9-22-15)20(26)24-11-5-17(6-12-24)19-23-10-13-25(19)14-16-2-7-21-8-3-16/h2-4,7-10,13,17,22H,5-6,11-12,14H2,1H3. The fraction of sp³-hybridized carbons (Fsp3) is 0.350. The monoisotopic (exact) mass is 349 g/mol. The molecule has 0 unspecified atom stereocenters. The topological polar surface area (TPSA) is 66.8 Å². The van der Waals surface area contributed by atoms with Gasteiger partial charge in [-0.2, -0.15) is 0 Å². The zero-order chi connectivity index (χ0) is 17.9. The number of imidazole rings is 1. The summed E-state index contributed by atoms with van der Waals surface area (Å²) in [6, 6.07) is 5.93. The van der Waals surface area contributed by atoms with Crippen LogP contribution in [0.5, 0.6) is 0 Å². The van der Waals surface area contributed by atoms with Gasteiger partial charge in [-0.25, -0.2) is 4.98 Å². The molecule has 4 rings (SSSR count). The maximum absolute atomic E-state index is 12.7. The molecule has 6 nitrogen and oxygen atoms in total. The van der Waals surface area contributed by atoms with Crippen molar-refractivity contribution in [2.24, 2.45) is 0 Å². The van der Waals surface area contributed by atoms with Crippen LogP contribution in [-0.4, -0.2) is 43.4 Å². The van der Waals surface area contributed by atoms with Crippen LogP contribution < -0.4 is 0 Å². The van der Waals surface area contributed by atoms with Gasteiger partial charge in [-0.3, -0.25) is 9.78 Å². The van der Waals surface area contributed by atoms with Gasteiger partial charge in [-0.15, -0.1) is 0 Å². The lowest BCUT2D eigenvalue weighted by Crippen LogP contribution is -2.38. The second kappa shape index (κ2) is 7.15. The lowest BCUT2D eigenvalue weighted by Gasteiger charge is -2.32. The van der Waals surface area contributed by atoms with Crippen molar-refractivity contribution >= 4 is 5.91 Å². The number of pyridine rings is 1. The first-order valence-corrected chi connectivity index (χ1v) is 9.05. The Labute approximate surface area is 152 Å². The molecule has 1 aliphatic rings. The Bertz CT molecular complexity index is 875. The predicted octanol–water partition coefficient (Wildman–Crippen LogP) is 2.98. The van der Waals surface area contributed by atoms with Crippen molar-refractivity contribution in [2.75, 3.05) is 13.1 Å². The number of carbonyl (C=O) groups excluding carboxylic acids is 1. The Balaban J connectivity index is 1.42. The van der Waals surface area contributed by atoms with E-state index in [-0.39, 0.29) is 5.91 Å². The molecule has 1 amide bonds. The van der Waals surface area contributed by atoms with Crippen LogP contribution in [0.4, 0.5) is 0 Å². The Kier molecular flexibility index (Phi) is 4.56. The molecular formula is C20H23N5O. The third kappa shape index (κ3) is 3.27. The van der Waals surface area contributed by atoms with Gasteiger partial charge in [0.05, 0.1) is 5.56 Å². The van der Waals surface area contributed by atoms with E-state index in [4.69, 9.17) is 0 Å². The third-order valence-corrected chi connectivity index (χ3v) is 5.18. The van der Waals surface area contributed by atoms with Gasteiger partial charge < -0.3 is 14.5 Å². The fourth-order valence-electron chi connectivity index (χ4n) is 3.69. The van der Waals surface area contributed by atoms with E-state index in [1.807, 2.05) is 61.0 Å². The second-order valence-electron chi connectivity index (χ2n) is 6.85. The van der Waals surface area contributed by atoms with E-state index in [1.165, 1.54) is 5.56 Å². The molecule has 26 heavy (non-hydrogen) atoms. The molecule has 0 bridgehead atoms. The van der Waals surface area contributed by atoms with Crippen LogP contribution in [0, 0.1) is 6.92 Å². The van der Waals surface area contributed by atoms with E-state index >= 15 is 0 Å². The molecular weight excluding hydrogens is 326 g/mol. The van der Waals surface area contributed by atoms with E-state index in [1.54, 1.807) is 0 Å². The van der Waals surface area contributed by atoms with Gasteiger partial charge in [0.25, 0.3) is 5.91 Å². The molecule has 1 aliphatic heterocycles.